The fraction of sp³-hybridized carbons (Fsp3) is 0.280. The molecule has 0 bridgehead atoms. The number of ether oxygens (including phenoxy) is 1. The van der Waals surface area contributed by atoms with Crippen molar-refractivity contribution >= 4 is 34.0 Å². The van der Waals surface area contributed by atoms with Gasteiger partial charge in [0.15, 0.2) is 0 Å². The molecule has 3 aromatic rings. The van der Waals surface area contributed by atoms with Crippen LogP contribution >= 0.6 is 0 Å². The summed E-state index contributed by atoms with van der Waals surface area (Å²) in [5.41, 5.74) is 3.16. The number of aliphatic hydroxyl groups is 1. The van der Waals surface area contributed by atoms with Gasteiger partial charge in [-0.2, -0.15) is 0 Å². The van der Waals surface area contributed by atoms with Gasteiger partial charge < -0.3 is 24.6 Å². The van der Waals surface area contributed by atoms with Crippen LogP contribution in [-0.2, 0) is 9.59 Å². The van der Waals surface area contributed by atoms with Crippen LogP contribution in [0.5, 0.6) is 5.75 Å². The Hall–Kier alpha value is -3.74. The van der Waals surface area contributed by atoms with Crippen molar-refractivity contribution < 1.29 is 19.4 Å². The molecule has 7 heteroatoms. The highest BCUT2D eigenvalue weighted by molar-refractivity contribution is 6.46. The third-order valence-electron chi connectivity index (χ3n) is 6.25. The lowest BCUT2D eigenvalue weighted by Crippen LogP contribution is -2.30. The molecular weight excluding hydrogens is 406 g/mol. The number of ketones is 1. The van der Waals surface area contributed by atoms with E-state index in [1.165, 1.54) is 0 Å². The third-order valence-corrected chi connectivity index (χ3v) is 6.25. The van der Waals surface area contributed by atoms with Crippen molar-refractivity contribution in [1.29, 1.82) is 0 Å². The van der Waals surface area contributed by atoms with Crippen molar-refractivity contribution in [2.75, 3.05) is 31.6 Å². The largest absolute Gasteiger partial charge is 0.507 e. The zero-order valence-electron chi connectivity index (χ0n) is 18.1. The highest BCUT2D eigenvalue weighted by atomic mass is 16.5. The van der Waals surface area contributed by atoms with Gasteiger partial charge in [-0.3, -0.25) is 9.59 Å². The molecule has 1 fully saturated rings. The number of hydrogen-bond acceptors (Lipinski definition) is 5. The van der Waals surface area contributed by atoms with E-state index in [-0.39, 0.29) is 11.3 Å². The number of aromatic nitrogens is 1. The number of likely N-dealkylation sites (N-methyl/N-ethyl adjacent to an activating group) is 1. The van der Waals surface area contributed by atoms with Crippen molar-refractivity contribution in [3.8, 4) is 5.75 Å². The van der Waals surface area contributed by atoms with Gasteiger partial charge in [0.25, 0.3) is 11.7 Å². The summed E-state index contributed by atoms with van der Waals surface area (Å²) in [7, 11) is 1.96. The minimum absolute atomic E-state index is 0.118. The van der Waals surface area contributed by atoms with Gasteiger partial charge in [-0.25, -0.2) is 0 Å². The molecule has 7 nitrogen and oxygen atoms in total. The lowest BCUT2D eigenvalue weighted by Gasteiger charge is -2.28. The van der Waals surface area contributed by atoms with Crippen LogP contribution in [0.15, 0.2) is 54.2 Å². The average molecular weight is 431 g/mol. The van der Waals surface area contributed by atoms with E-state index in [1.54, 1.807) is 17.0 Å². The molecule has 0 saturated carbocycles. The Labute approximate surface area is 185 Å². The van der Waals surface area contributed by atoms with Crippen molar-refractivity contribution in [2.45, 2.75) is 19.4 Å². The number of para-hydroxylation sites is 1. The first kappa shape index (κ1) is 20.2. The summed E-state index contributed by atoms with van der Waals surface area (Å²) >= 11 is 0. The van der Waals surface area contributed by atoms with E-state index >= 15 is 0 Å². The van der Waals surface area contributed by atoms with Gasteiger partial charge in [0, 0.05) is 41.8 Å². The Bertz CT molecular complexity index is 1260. The second-order valence-electron chi connectivity index (χ2n) is 8.23. The highest BCUT2D eigenvalue weighted by Gasteiger charge is 2.46. The number of H-pyrrole nitrogens is 1. The molecule has 32 heavy (non-hydrogen) atoms. The minimum Gasteiger partial charge on any atom is -0.507 e. The predicted molar refractivity (Wildman–Crippen MR) is 123 cm³/mol. The molecule has 2 aliphatic rings. The lowest BCUT2D eigenvalue weighted by molar-refractivity contribution is -0.139. The van der Waals surface area contributed by atoms with Crippen LogP contribution in [-0.4, -0.2) is 53.4 Å². The van der Waals surface area contributed by atoms with E-state index < -0.39 is 17.7 Å². The van der Waals surface area contributed by atoms with E-state index in [2.05, 4.69) is 4.98 Å². The van der Waals surface area contributed by atoms with E-state index in [4.69, 9.17) is 4.74 Å². The van der Waals surface area contributed by atoms with Crippen molar-refractivity contribution in [2.24, 2.45) is 0 Å². The normalized spacial score (nSPS) is 20.0. The first-order valence-electron chi connectivity index (χ1n) is 10.8. The molecule has 1 atom stereocenters. The van der Waals surface area contributed by atoms with E-state index in [0.717, 1.165) is 34.4 Å². The maximum Gasteiger partial charge on any atom is 0.295 e. The number of rotatable bonds is 4. The van der Waals surface area contributed by atoms with Crippen molar-refractivity contribution in [3.63, 3.8) is 0 Å². The zero-order chi connectivity index (χ0) is 22.4. The molecule has 1 unspecified atom stereocenters. The van der Waals surface area contributed by atoms with Crippen LogP contribution < -0.4 is 9.64 Å². The molecule has 3 heterocycles. The Balaban J connectivity index is 1.69. The first-order valence-corrected chi connectivity index (χ1v) is 10.8. The number of amides is 1. The maximum atomic E-state index is 13.1. The lowest BCUT2D eigenvalue weighted by atomic mass is 9.94. The second kappa shape index (κ2) is 7.75. The van der Waals surface area contributed by atoms with Crippen molar-refractivity contribution in [3.05, 3.63) is 65.4 Å². The SMILES string of the molecule is CCCN1C(=O)C(=O)/C(=C(/O)c2ccc3c(c2)N(C)CCO3)C1c1c[nH]c2ccccc12. The van der Waals surface area contributed by atoms with Gasteiger partial charge in [0.1, 0.15) is 18.1 Å². The van der Waals surface area contributed by atoms with Gasteiger partial charge in [0.2, 0.25) is 0 Å². The zero-order valence-corrected chi connectivity index (χ0v) is 18.1. The smallest absolute Gasteiger partial charge is 0.295 e. The van der Waals surface area contributed by atoms with Crippen LogP contribution in [0.1, 0.15) is 30.5 Å². The number of likely N-dealkylation sites (tertiary alicyclic amines) is 1. The molecule has 2 aromatic carbocycles. The fourth-order valence-electron chi connectivity index (χ4n) is 4.65. The maximum absolute atomic E-state index is 13.1. The first-order chi connectivity index (χ1) is 15.5. The number of nitrogens with one attached hydrogen (secondary N) is 1. The summed E-state index contributed by atoms with van der Waals surface area (Å²) < 4.78 is 5.70. The molecular formula is C25H25N3O4. The predicted octanol–water partition coefficient (Wildman–Crippen LogP) is 3.83. The number of anilines is 1. The fourth-order valence-corrected chi connectivity index (χ4v) is 4.65. The Morgan fingerprint density at radius 3 is 2.84 bits per heavy atom. The van der Waals surface area contributed by atoms with Crippen LogP contribution in [0, 0.1) is 0 Å². The van der Waals surface area contributed by atoms with Crippen LogP contribution in [0.4, 0.5) is 5.69 Å². The minimum atomic E-state index is -0.659. The molecule has 0 spiro atoms. The van der Waals surface area contributed by atoms with Gasteiger partial charge in [-0.05, 0) is 30.7 Å². The molecule has 1 amide bonds. The summed E-state index contributed by atoms with van der Waals surface area (Å²) in [4.78, 5) is 32.9. The topological polar surface area (TPSA) is 85.9 Å². The van der Waals surface area contributed by atoms with Crippen LogP contribution in [0.3, 0.4) is 0 Å². The molecule has 2 aliphatic heterocycles. The van der Waals surface area contributed by atoms with Crippen LogP contribution in [0.25, 0.3) is 16.7 Å². The number of benzene rings is 2. The average Bonchev–Trinajstić information content (AvgIpc) is 3.33. The number of fused-ring (bicyclic) bond motifs is 2. The van der Waals surface area contributed by atoms with E-state index in [1.807, 2.05) is 55.4 Å². The number of carbonyl (C=O) groups excluding carboxylic acids is 2. The number of Topliss-reactive ketones (excluding diaryl/α,β-unsaturated/α-hetero) is 1. The summed E-state index contributed by atoms with van der Waals surface area (Å²) in [5.74, 6) is -0.676. The monoisotopic (exact) mass is 431 g/mol. The highest BCUT2D eigenvalue weighted by Crippen LogP contribution is 2.43. The van der Waals surface area contributed by atoms with Gasteiger partial charge in [0.05, 0.1) is 23.8 Å². The number of carbonyl (C=O) groups is 2. The molecule has 1 aromatic heterocycles. The van der Waals surface area contributed by atoms with Crippen molar-refractivity contribution in [1.82, 2.24) is 9.88 Å². The Kier molecular flexibility index (Phi) is 4.89. The molecule has 0 radical (unpaired) electrons. The number of nitrogens with zero attached hydrogens (tertiary/aromatic N) is 2. The Morgan fingerprint density at radius 2 is 2.03 bits per heavy atom. The molecule has 2 N–H and O–H groups in total. The third kappa shape index (κ3) is 3.04. The number of aromatic amines is 1. The van der Waals surface area contributed by atoms with E-state index in [9.17, 15) is 14.7 Å². The van der Waals surface area contributed by atoms with Crippen LogP contribution in [0.2, 0.25) is 0 Å². The molecule has 1 saturated heterocycles. The number of aliphatic hydroxyl groups excluding tert-OH is 1. The van der Waals surface area contributed by atoms with E-state index in [0.29, 0.717) is 25.1 Å². The van der Waals surface area contributed by atoms with Gasteiger partial charge in [-0.1, -0.05) is 25.1 Å². The summed E-state index contributed by atoms with van der Waals surface area (Å²) in [6.45, 7) is 3.71. The van der Waals surface area contributed by atoms with Gasteiger partial charge in [-0.15, -0.1) is 0 Å². The Morgan fingerprint density at radius 1 is 1.22 bits per heavy atom. The second-order valence-corrected chi connectivity index (χ2v) is 8.23. The quantitative estimate of drug-likeness (QED) is 0.373. The molecule has 5 rings (SSSR count). The standard InChI is InChI=1S/C25H25N3O4/c1-3-10-28-22(17-14-26-18-7-5-4-6-16(17)18)21(24(30)25(28)31)23(29)15-8-9-20-19(13-15)27(2)11-12-32-20/h4-9,13-14,22,26,29H,3,10-12H2,1-2H3/b23-21+. The summed E-state index contributed by atoms with van der Waals surface area (Å²) in [5, 5.41) is 12.3. The molecule has 0 aliphatic carbocycles. The van der Waals surface area contributed by atoms with Gasteiger partial charge >= 0.3 is 0 Å². The summed E-state index contributed by atoms with van der Waals surface area (Å²) in [6.07, 6.45) is 2.53. The summed E-state index contributed by atoms with van der Waals surface area (Å²) in [6, 6.07) is 12.4. The number of hydrogen-bond donors (Lipinski definition) is 2. The molecule has 164 valence electrons.